The number of halogens is 1. The molecule has 4 aliphatic heterocycles. The van der Waals surface area contributed by atoms with Crippen LogP contribution in [0.25, 0.3) is 0 Å². The lowest BCUT2D eigenvalue weighted by atomic mass is 9.92. The lowest BCUT2D eigenvalue weighted by Crippen LogP contribution is -2.59. The van der Waals surface area contributed by atoms with Crippen molar-refractivity contribution in [3.05, 3.63) is 68.7 Å². The number of aryl methyl sites for hydroxylation is 1. The van der Waals surface area contributed by atoms with Crippen LogP contribution in [0.2, 0.25) is 0 Å². The zero-order chi connectivity index (χ0) is 29.1. The molecule has 11 nitrogen and oxygen atoms in total. The number of nitrogens with one attached hydrogen (secondary N) is 1. The summed E-state index contributed by atoms with van der Waals surface area (Å²) in [5.74, 6) is -0.124. The number of carbonyl (C=O) groups is 2. The number of anilines is 4. The molecule has 218 valence electrons. The van der Waals surface area contributed by atoms with Crippen LogP contribution in [0.3, 0.4) is 0 Å². The van der Waals surface area contributed by atoms with E-state index in [2.05, 4.69) is 53.9 Å². The molecule has 0 saturated carbocycles. The van der Waals surface area contributed by atoms with Gasteiger partial charge in [-0.25, -0.2) is 14.6 Å². The molecular weight excluding hydrogens is 604 g/mol. The first-order valence-corrected chi connectivity index (χ1v) is 15.0. The van der Waals surface area contributed by atoms with Crippen molar-refractivity contribution in [1.29, 1.82) is 0 Å². The molecule has 1 N–H and O–H groups in total. The van der Waals surface area contributed by atoms with E-state index in [1.807, 2.05) is 18.3 Å². The number of nitrogens with zero attached hydrogens (tertiary/aromatic N) is 5. The Morgan fingerprint density at radius 3 is 2.67 bits per heavy atom. The van der Waals surface area contributed by atoms with Gasteiger partial charge in [0.05, 0.1) is 29.2 Å². The quantitative estimate of drug-likeness (QED) is 0.338. The second-order valence-corrected chi connectivity index (χ2v) is 12.3. The minimum atomic E-state index is -0.622. The van der Waals surface area contributed by atoms with Crippen molar-refractivity contribution in [2.75, 3.05) is 47.9 Å². The fraction of sp³-hybridized carbons (Fsp3) is 0.400. The van der Waals surface area contributed by atoms with Gasteiger partial charge in [0.1, 0.15) is 23.7 Å². The van der Waals surface area contributed by atoms with E-state index in [1.165, 1.54) is 4.57 Å². The van der Waals surface area contributed by atoms with Crippen molar-refractivity contribution in [2.24, 2.45) is 7.05 Å². The zero-order valence-corrected chi connectivity index (χ0v) is 25.0. The minimum absolute atomic E-state index is 0.117. The molecule has 2 fully saturated rings. The highest BCUT2D eigenvalue weighted by atomic mass is 79.9. The lowest BCUT2D eigenvalue weighted by molar-refractivity contribution is 0.0442. The number of aromatic nitrogens is 2. The number of ether oxygens (including phenoxy) is 2. The third kappa shape index (κ3) is 4.62. The maximum atomic E-state index is 12.4. The first-order chi connectivity index (χ1) is 20.3. The number of cyclic esters (lactones) is 2. The first kappa shape index (κ1) is 27.0. The van der Waals surface area contributed by atoms with Crippen LogP contribution in [0.5, 0.6) is 5.75 Å². The van der Waals surface area contributed by atoms with Crippen molar-refractivity contribution in [3.8, 4) is 5.75 Å². The number of fused-ring (bicyclic) bond motifs is 5. The zero-order valence-electron chi connectivity index (χ0n) is 23.4. The van der Waals surface area contributed by atoms with Gasteiger partial charge in [-0.2, -0.15) is 0 Å². The maximum Gasteiger partial charge on any atom is 0.350 e. The van der Waals surface area contributed by atoms with Crippen LogP contribution in [0.15, 0.2) is 52.0 Å². The third-order valence-electron chi connectivity index (χ3n) is 8.83. The van der Waals surface area contributed by atoms with Crippen LogP contribution in [0.1, 0.15) is 40.5 Å². The molecule has 0 amide bonds. The molecule has 0 radical (unpaired) electrons. The molecular formula is C30H31BrN6O5. The van der Waals surface area contributed by atoms with Gasteiger partial charge < -0.3 is 29.2 Å². The molecule has 12 heteroatoms. The topological polar surface area (TPSA) is 109 Å². The van der Waals surface area contributed by atoms with Gasteiger partial charge in [-0.05, 0) is 66.0 Å². The van der Waals surface area contributed by atoms with Gasteiger partial charge in [0, 0.05) is 56.0 Å². The van der Waals surface area contributed by atoms with E-state index < -0.39 is 11.9 Å². The van der Waals surface area contributed by atoms with E-state index in [9.17, 15) is 14.4 Å². The summed E-state index contributed by atoms with van der Waals surface area (Å²) in [7, 11) is 1.72. The summed E-state index contributed by atoms with van der Waals surface area (Å²) in [5.41, 5.74) is 2.83. The SMILES string of the molecule is C[C@H]1CN([C@H]2CCN3c4ccc5c(c4OC[C@H]3C2)C(=O)OC5=O)CCN1c1ccc(Nc2cc(Br)cn(C)c2=O)nc1. The Balaban J connectivity index is 0.987. The molecule has 1 aromatic carbocycles. The van der Waals surface area contributed by atoms with Crippen LogP contribution in [-0.4, -0.2) is 77.3 Å². The Kier molecular flexibility index (Phi) is 6.69. The number of rotatable bonds is 4. The van der Waals surface area contributed by atoms with Crippen molar-refractivity contribution >= 4 is 50.7 Å². The van der Waals surface area contributed by atoms with Crippen LogP contribution in [-0.2, 0) is 11.8 Å². The van der Waals surface area contributed by atoms with Gasteiger partial charge in [-0.15, -0.1) is 0 Å². The molecule has 7 rings (SSSR count). The summed E-state index contributed by atoms with van der Waals surface area (Å²) >= 11 is 3.44. The van der Waals surface area contributed by atoms with Gasteiger partial charge in [0.15, 0.2) is 5.75 Å². The van der Waals surface area contributed by atoms with Crippen molar-refractivity contribution in [1.82, 2.24) is 14.5 Å². The van der Waals surface area contributed by atoms with E-state index >= 15 is 0 Å². The second kappa shape index (κ2) is 10.4. The van der Waals surface area contributed by atoms with E-state index in [1.54, 1.807) is 25.4 Å². The van der Waals surface area contributed by atoms with Gasteiger partial charge >= 0.3 is 11.9 Å². The van der Waals surface area contributed by atoms with Crippen molar-refractivity contribution < 1.29 is 19.1 Å². The molecule has 0 unspecified atom stereocenters. The Labute approximate surface area is 251 Å². The highest BCUT2D eigenvalue weighted by Crippen LogP contribution is 2.43. The maximum absolute atomic E-state index is 12.4. The van der Waals surface area contributed by atoms with Crippen LogP contribution >= 0.6 is 15.9 Å². The molecule has 0 spiro atoms. The molecule has 2 aromatic heterocycles. The minimum Gasteiger partial charge on any atom is -0.488 e. The normalized spacial score (nSPS) is 23.5. The van der Waals surface area contributed by atoms with Crippen molar-refractivity contribution in [2.45, 2.75) is 37.9 Å². The van der Waals surface area contributed by atoms with E-state index in [0.29, 0.717) is 35.9 Å². The standard InChI is InChI=1S/C30H31BrN6O5/c1-17-14-35(9-10-36(17)20-3-6-25(32-13-20)33-23-11-18(31)15-34(2)28(23)38)19-7-8-37-21(12-19)16-41-27-24(37)5-4-22-26(27)30(40)42-29(22)39/h3-6,11,13,15,17,19,21H,7-10,12,14,16H2,1-2H3,(H,32,33)/t17-,19-,21+/m0/s1. The number of hydrogen-bond donors (Lipinski definition) is 1. The van der Waals surface area contributed by atoms with Gasteiger partial charge in [0.25, 0.3) is 5.56 Å². The predicted molar refractivity (Wildman–Crippen MR) is 161 cm³/mol. The number of pyridine rings is 2. The van der Waals surface area contributed by atoms with Gasteiger partial charge in [0.2, 0.25) is 0 Å². The van der Waals surface area contributed by atoms with Crippen LogP contribution in [0, 0.1) is 0 Å². The second-order valence-electron chi connectivity index (χ2n) is 11.4. The summed E-state index contributed by atoms with van der Waals surface area (Å²) in [4.78, 5) is 48.6. The summed E-state index contributed by atoms with van der Waals surface area (Å²) in [6, 6.07) is 10.3. The third-order valence-corrected chi connectivity index (χ3v) is 9.27. The first-order valence-electron chi connectivity index (χ1n) is 14.2. The fourth-order valence-electron chi connectivity index (χ4n) is 6.75. The largest absolute Gasteiger partial charge is 0.488 e. The average molecular weight is 636 g/mol. The molecule has 0 bridgehead atoms. The Morgan fingerprint density at radius 2 is 1.88 bits per heavy atom. The van der Waals surface area contributed by atoms with E-state index in [4.69, 9.17) is 9.47 Å². The Hall–Kier alpha value is -3.90. The highest BCUT2D eigenvalue weighted by molar-refractivity contribution is 9.10. The fourth-order valence-corrected chi connectivity index (χ4v) is 7.29. The smallest absolute Gasteiger partial charge is 0.350 e. The number of hydrogen-bond acceptors (Lipinski definition) is 10. The number of carbonyl (C=O) groups excluding carboxylic acids is 2. The molecule has 4 aliphatic rings. The Morgan fingerprint density at radius 1 is 1.02 bits per heavy atom. The summed E-state index contributed by atoms with van der Waals surface area (Å²) < 4.78 is 13.3. The average Bonchev–Trinajstić information content (AvgIpc) is 3.28. The Bertz CT molecular complexity index is 1640. The lowest BCUT2D eigenvalue weighted by Gasteiger charge is -2.50. The number of benzene rings is 1. The van der Waals surface area contributed by atoms with Crippen molar-refractivity contribution in [3.63, 3.8) is 0 Å². The molecule has 42 heavy (non-hydrogen) atoms. The summed E-state index contributed by atoms with van der Waals surface area (Å²) in [5, 5.41) is 3.14. The van der Waals surface area contributed by atoms with Crippen LogP contribution < -0.4 is 25.4 Å². The molecule has 0 aliphatic carbocycles. The summed E-state index contributed by atoms with van der Waals surface area (Å²) in [6.07, 6.45) is 5.58. The highest BCUT2D eigenvalue weighted by Gasteiger charge is 2.42. The molecule has 3 aromatic rings. The van der Waals surface area contributed by atoms with Crippen LogP contribution in [0.4, 0.5) is 22.9 Å². The number of piperidine rings is 1. The monoisotopic (exact) mass is 634 g/mol. The predicted octanol–water partition coefficient (Wildman–Crippen LogP) is 3.54. The van der Waals surface area contributed by atoms with Gasteiger partial charge in [-0.3, -0.25) is 9.69 Å². The number of esters is 2. The van der Waals surface area contributed by atoms with E-state index in [-0.39, 0.29) is 22.7 Å². The van der Waals surface area contributed by atoms with Gasteiger partial charge in [-0.1, -0.05) is 0 Å². The van der Waals surface area contributed by atoms with E-state index in [0.717, 1.165) is 54.9 Å². The summed E-state index contributed by atoms with van der Waals surface area (Å²) in [6.45, 7) is 6.39. The number of piperazine rings is 1. The molecule has 3 atom stereocenters. The molecule has 2 saturated heterocycles. The molecule has 6 heterocycles.